The predicted molar refractivity (Wildman–Crippen MR) is 94.1 cm³/mol. The zero-order valence-electron chi connectivity index (χ0n) is 12.3. The zero-order chi connectivity index (χ0) is 17.5. The van der Waals surface area contributed by atoms with Crippen molar-refractivity contribution in [1.29, 1.82) is 0 Å². The second kappa shape index (κ2) is 8.69. The normalized spacial score (nSPS) is 10.0. The summed E-state index contributed by atoms with van der Waals surface area (Å²) in [5.74, 6) is 1.23. The molecule has 124 valence electrons. The van der Waals surface area contributed by atoms with E-state index in [9.17, 15) is 9.59 Å². The average molecular weight is 383 g/mol. The number of carbonyl (C=O) groups is 2. The van der Waals surface area contributed by atoms with E-state index in [1.165, 1.54) is 11.3 Å². The zero-order valence-corrected chi connectivity index (χ0v) is 14.7. The van der Waals surface area contributed by atoms with Crippen LogP contribution in [0.5, 0.6) is 0 Å². The molecule has 0 spiro atoms. The van der Waals surface area contributed by atoms with Gasteiger partial charge in [-0.2, -0.15) is 0 Å². The van der Waals surface area contributed by atoms with Crippen LogP contribution in [0.3, 0.4) is 0 Å². The van der Waals surface area contributed by atoms with Crippen LogP contribution in [0.25, 0.3) is 10.6 Å². The number of terminal acetylenes is 1. The van der Waals surface area contributed by atoms with E-state index in [1.54, 1.807) is 23.6 Å². The molecule has 8 heteroatoms. The fraction of sp³-hybridized carbons (Fsp3) is 0.188. The summed E-state index contributed by atoms with van der Waals surface area (Å²) < 4.78 is 4.86. The molecule has 0 fully saturated rings. The van der Waals surface area contributed by atoms with Crippen LogP contribution >= 0.6 is 34.5 Å². The lowest BCUT2D eigenvalue weighted by Crippen LogP contribution is -2.29. The van der Waals surface area contributed by atoms with E-state index >= 15 is 0 Å². The molecular formula is C16H12Cl2N2O3S. The van der Waals surface area contributed by atoms with E-state index < -0.39 is 11.9 Å². The van der Waals surface area contributed by atoms with Crippen LogP contribution in [0.15, 0.2) is 23.6 Å². The summed E-state index contributed by atoms with van der Waals surface area (Å²) in [6.45, 7) is -0.293. The maximum atomic E-state index is 11.7. The van der Waals surface area contributed by atoms with Gasteiger partial charge in [0.1, 0.15) is 5.01 Å². The van der Waals surface area contributed by atoms with Gasteiger partial charge in [-0.05, 0) is 12.1 Å². The molecule has 1 aromatic carbocycles. The van der Waals surface area contributed by atoms with E-state index in [4.69, 9.17) is 34.4 Å². The number of hydrogen-bond acceptors (Lipinski definition) is 5. The number of thiazole rings is 1. The van der Waals surface area contributed by atoms with Crippen molar-refractivity contribution in [3.8, 4) is 22.9 Å². The summed E-state index contributed by atoms with van der Waals surface area (Å²) in [6.07, 6.45) is 4.95. The van der Waals surface area contributed by atoms with Gasteiger partial charge in [0.15, 0.2) is 6.61 Å². The minimum absolute atomic E-state index is 0.0546. The minimum Gasteiger partial charge on any atom is -0.455 e. The van der Waals surface area contributed by atoms with E-state index in [-0.39, 0.29) is 19.6 Å². The molecule has 1 amide bonds. The topological polar surface area (TPSA) is 68.3 Å². The third-order valence-corrected chi connectivity index (χ3v) is 4.34. The fourth-order valence-corrected chi connectivity index (χ4v) is 3.33. The van der Waals surface area contributed by atoms with Gasteiger partial charge in [0.05, 0.1) is 28.7 Å². The van der Waals surface area contributed by atoms with Gasteiger partial charge in [-0.15, -0.1) is 17.8 Å². The number of benzene rings is 1. The van der Waals surface area contributed by atoms with Gasteiger partial charge in [0.25, 0.3) is 5.91 Å². The number of hydrogen-bond donors (Lipinski definition) is 1. The SMILES string of the molecule is C#CCNC(=O)COC(=O)Cc1csc(-c2c(Cl)cccc2Cl)n1. The number of ether oxygens (including phenoxy) is 1. The predicted octanol–water partition coefficient (Wildman–Crippen LogP) is 2.95. The summed E-state index contributed by atoms with van der Waals surface area (Å²) in [6, 6.07) is 5.17. The molecule has 0 aliphatic rings. The number of nitrogens with zero attached hydrogens (tertiary/aromatic N) is 1. The van der Waals surface area contributed by atoms with Crippen molar-refractivity contribution in [2.24, 2.45) is 0 Å². The summed E-state index contributed by atoms with van der Waals surface area (Å²) in [7, 11) is 0. The molecule has 2 aromatic rings. The quantitative estimate of drug-likeness (QED) is 0.615. The summed E-state index contributed by atoms with van der Waals surface area (Å²) in [5, 5.41) is 5.69. The molecule has 0 aliphatic carbocycles. The minimum atomic E-state index is -0.562. The molecule has 0 saturated heterocycles. The lowest BCUT2D eigenvalue weighted by molar-refractivity contribution is -0.147. The monoisotopic (exact) mass is 382 g/mol. The smallest absolute Gasteiger partial charge is 0.312 e. The van der Waals surface area contributed by atoms with Crippen LogP contribution in [0, 0.1) is 12.3 Å². The van der Waals surface area contributed by atoms with Crippen LogP contribution in [-0.2, 0) is 20.7 Å². The molecule has 0 saturated carbocycles. The van der Waals surface area contributed by atoms with E-state index in [0.717, 1.165) is 0 Å². The number of esters is 1. The number of halogens is 2. The molecule has 1 N–H and O–H groups in total. The molecule has 0 atom stereocenters. The van der Waals surface area contributed by atoms with Crippen molar-refractivity contribution in [2.75, 3.05) is 13.2 Å². The Labute approximate surface area is 152 Å². The van der Waals surface area contributed by atoms with Crippen molar-refractivity contribution in [3.05, 3.63) is 39.3 Å². The van der Waals surface area contributed by atoms with Crippen molar-refractivity contribution in [3.63, 3.8) is 0 Å². The molecule has 0 unspecified atom stereocenters. The first-order chi connectivity index (χ1) is 11.5. The number of amides is 1. The lowest BCUT2D eigenvalue weighted by atomic mass is 10.2. The Morgan fingerprint density at radius 2 is 2.04 bits per heavy atom. The first kappa shape index (κ1) is 18.3. The Morgan fingerprint density at radius 1 is 1.33 bits per heavy atom. The third-order valence-electron chi connectivity index (χ3n) is 2.81. The Morgan fingerprint density at radius 3 is 2.71 bits per heavy atom. The fourth-order valence-electron chi connectivity index (χ4n) is 1.75. The van der Waals surface area contributed by atoms with Crippen LogP contribution < -0.4 is 5.32 Å². The maximum Gasteiger partial charge on any atom is 0.312 e. The largest absolute Gasteiger partial charge is 0.455 e. The number of carbonyl (C=O) groups excluding carboxylic acids is 2. The molecular weight excluding hydrogens is 371 g/mol. The highest BCUT2D eigenvalue weighted by Gasteiger charge is 2.15. The standard InChI is InChI=1S/C16H12Cl2N2O3S/c1-2-6-19-13(21)8-23-14(22)7-10-9-24-16(20-10)15-11(17)4-3-5-12(15)18/h1,3-5,9H,6-8H2,(H,19,21). The highest BCUT2D eigenvalue weighted by molar-refractivity contribution is 7.13. The number of nitrogens with one attached hydrogen (secondary N) is 1. The van der Waals surface area contributed by atoms with Crippen molar-refractivity contribution < 1.29 is 14.3 Å². The van der Waals surface area contributed by atoms with Crippen LogP contribution in [0.2, 0.25) is 10.0 Å². The lowest BCUT2D eigenvalue weighted by Gasteiger charge is -2.04. The van der Waals surface area contributed by atoms with Crippen LogP contribution in [0.1, 0.15) is 5.69 Å². The van der Waals surface area contributed by atoms with E-state index in [2.05, 4.69) is 16.2 Å². The molecule has 1 heterocycles. The Bertz CT molecular complexity index is 779. The highest BCUT2D eigenvalue weighted by atomic mass is 35.5. The number of rotatable bonds is 6. The molecule has 5 nitrogen and oxygen atoms in total. The van der Waals surface area contributed by atoms with E-state index in [0.29, 0.717) is 26.3 Å². The van der Waals surface area contributed by atoms with Gasteiger partial charge < -0.3 is 10.1 Å². The van der Waals surface area contributed by atoms with Gasteiger partial charge in [-0.25, -0.2) is 4.98 Å². The number of aromatic nitrogens is 1. The van der Waals surface area contributed by atoms with Crippen LogP contribution in [0.4, 0.5) is 0 Å². The van der Waals surface area contributed by atoms with Gasteiger partial charge in [-0.1, -0.05) is 35.2 Å². The molecule has 2 rings (SSSR count). The molecule has 0 bridgehead atoms. The van der Waals surface area contributed by atoms with Gasteiger partial charge in [0.2, 0.25) is 0 Å². The molecule has 24 heavy (non-hydrogen) atoms. The molecule has 0 radical (unpaired) electrons. The first-order valence-electron chi connectivity index (χ1n) is 6.76. The molecule has 1 aromatic heterocycles. The second-order valence-electron chi connectivity index (χ2n) is 4.56. The first-order valence-corrected chi connectivity index (χ1v) is 8.39. The van der Waals surface area contributed by atoms with Gasteiger partial charge in [-0.3, -0.25) is 9.59 Å². The average Bonchev–Trinajstić information content (AvgIpc) is 2.98. The molecule has 0 aliphatic heterocycles. The van der Waals surface area contributed by atoms with Crippen molar-refractivity contribution in [2.45, 2.75) is 6.42 Å². The van der Waals surface area contributed by atoms with Gasteiger partial charge in [0, 0.05) is 10.9 Å². The highest BCUT2D eigenvalue weighted by Crippen LogP contribution is 2.36. The Hall–Kier alpha value is -2.07. The summed E-state index contributed by atoms with van der Waals surface area (Å²) in [4.78, 5) is 27.4. The maximum absolute atomic E-state index is 11.7. The van der Waals surface area contributed by atoms with Crippen molar-refractivity contribution >= 4 is 46.4 Å². The van der Waals surface area contributed by atoms with Crippen molar-refractivity contribution in [1.82, 2.24) is 10.3 Å². The van der Waals surface area contributed by atoms with Gasteiger partial charge >= 0.3 is 5.97 Å². The Kier molecular flexibility index (Phi) is 6.62. The third kappa shape index (κ3) is 4.96. The second-order valence-corrected chi connectivity index (χ2v) is 6.23. The Balaban J connectivity index is 1.96. The van der Waals surface area contributed by atoms with E-state index in [1.807, 2.05) is 0 Å². The summed E-state index contributed by atoms with van der Waals surface area (Å²) in [5.41, 5.74) is 1.14. The van der Waals surface area contributed by atoms with Crippen LogP contribution in [-0.4, -0.2) is 30.0 Å². The summed E-state index contributed by atoms with van der Waals surface area (Å²) >= 11 is 13.6.